The SMILES string of the molecule is COC(Cn1cc(Cl)c(C)n1)OC. The second kappa shape index (κ2) is 4.60. The lowest BCUT2D eigenvalue weighted by Crippen LogP contribution is -2.20. The van der Waals surface area contributed by atoms with Crippen molar-refractivity contribution in [2.45, 2.75) is 19.8 Å². The van der Waals surface area contributed by atoms with Crippen LogP contribution in [0.2, 0.25) is 5.02 Å². The van der Waals surface area contributed by atoms with Crippen molar-refractivity contribution < 1.29 is 9.47 Å². The standard InChI is InChI=1S/C8H13ClN2O2/c1-6-7(9)4-11(10-6)5-8(12-2)13-3/h4,8H,5H2,1-3H3. The highest BCUT2D eigenvalue weighted by atomic mass is 35.5. The first-order valence-electron chi connectivity index (χ1n) is 3.92. The van der Waals surface area contributed by atoms with Gasteiger partial charge in [-0.15, -0.1) is 0 Å². The Bertz CT molecular complexity index is 252. The van der Waals surface area contributed by atoms with Crippen LogP contribution >= 0.6 is 11.6 Å². The predicted molar refractivity (Wildman–Crippen MR) is 49.8 cm³/mol. The van der Waals surface area contributed by atoms with Crippen molar-refractivity contribution in [3.8, 4) is 0 Å². The van der Waals surface area contributed by atoms with Crippen LogP contribution < -0.4 is 0 Å². The Morgan fingerprint density at radius 1 is 1.54 bits per heavy atom. The normalized spacial score (nSPS) is 11.2. The fraction of sp³-hybridized carbons (Fsp3) is 0.625. The topological polar surface area (TPSA) is 36.3 Å². The van der Waals surface area contributed by atoms with E-state index in [1.54, 1.807) is 25.1 Å². The maximum absolute atomic E-state index is 5.83. The molecule has 4 nitrogen and oxygen atoms in total. The summed E-state index contributed by atoms with van der Waals surface area (Å²) >= 11 is 5.83. The van der Waals surface area contributed by atoms with Crippen LogP contribution in [0.3, 0.4) is 0 Å². The van der Waals surface area contributed by atoms with E-state index >= 15 is 0 Å². The lowest BCUT2D eigenvalue weighted by atomic mass is 10.5. The molecule has 74 valence electrons. The van der Waals surface area contributed by atoms with Crippen molar-refractivity contribution in [3.05, 3.63) is 16.9 Å². The molecule has 1 heterocycles. The van der Waals surface area contributed by atoms with Crippen LogP contribution in [0.25, 0.3) is 0 Å². The van der Waals surface area contributed by atoms with E-state index < -0.39 is 0 Å². The number of methoxy groups -OCH3 is 2. The zero-order chi connectivity index (χ0) is 9.84. The fourth-order valence-corrected chi connectivity index (χ4v) is 1.14. The Hall–Kier alpha value is -0.580. The average Bonchev–Trinajstić information content (AvgIpc) is 2.42. The van der Waals surface area contributed by atoms with E-state index in [1.807, 2.05) is 6.92 Å². The number of aromatic nitrogens is 2. The summed E-state index contributed by atoms with van der Waals surface area (Å²) in [6.07, 6.45) is 1.47. The Morgan fingerprint density at radius 2 is 2.15 bits per heavy atom. The predicted octanol–water partition coefficient (Wildman–Crippen LogP) is 1.46. The highest BCUT2D eigenvalue weighted by Gasteiger charge is 2.08. The Morgan fingerprint density at radius 3 is 2.54 bits per heavy atom. The van der Waals surface area contributed by atoms with Gasteiger partial charge in [0, 0.05) is 20.4 Å². The number of hydrogen-bond acceptors (Lipinski definition) is 3. The molecule has 0 N–H and O–H groups in total. The van der Waals surface area contributed by atoms with Gasteiger partial charge in [0.25, 0.3) is 0 Å². The molecule has 5 heteroatoms. The van der Waals surface area contributed by atoms with Gasteiger partial charge in [-0.3, -0.25) is 4.68 Å². The first-order valence-corrected chi connectivity index (χ1v) is 4.30. The van der Waals surface area contributed by atoms with Crippen LogP contribution in [0, 0.1) is 6.92 Å². The first kappa shape index (κ1) is 10.5. The van der Waals surface area contributed by atoms with E-state index in [-0.39, 0.29) is 6.29 Å². The molecule has 0 aliphatic rings. The summed E-state index contributed by atoms with van der Waals surface area (Å²) < 4.78 is 11.8. The molecule has 1 aromatic heterocycles. The number of rotatable bonds is 4. The van der Waals surface area contributed by atoms with Crippen molar-refractivity contribution in [1.82, 2.24) is 9.78 Å². The third-order valence-electron chi connectivity index (χ3n) is 1.75. The highest BCUT2D eigenvalue weighted by Crippen LogP contribution is 2.12. The van der Waals surface area contributed by atoms with Crippen molar-refractivity contribution >= 4 is 11.6 Å². The quantitative estimate of drug-likeness (QED) is 0.697. The van der Waals surface area contributed by atoms with Gasteiger partial charge in [0.15, 0.2) is 6.29 Å². The van der Waals surface area contributed by atoms with Crippen LogP contribution in [-0.2, 0) is 16.0 Å². The summed E-state index contributed by atoms with van der Waals surface area (Å²) in [4.78, 5) is 0. The minimum atomic E-state index is -0.282. The van der Waals surface area contributed by atoms with Crippen LogP contribution in [0.4, 0.5) is 0 Å². The van der Waals surface area contributed by atoms with Crippen LogP contribution in [0.15, 0.2) is 6.20 Å². The van der Waals surface area contributed by atoms with Gasteiger partial charge in [0.1, 0.15) is 0 Å². The lowest BCUT2D eigenvalue weighted by Gasteiger charge is -2.12. The molecule has 0 radical (unpaired) electrons. The van der Waals surface area contributed by atoms with Crippen LogP contribution in [0.1, 0.15) is 5.69 Å². The van der Waals surface area contributed by atoms with Crippen molar-refractivity contribution in [2.75, 3.05) is 14.2 Å². The maximum Gasteiger partial charge on any atom is 0.176 e. The highest BCUT2D eigenvalue weighted by molar-refractivity contribution is 6.31. The van der Waals surface area contributed by atoms with Gasteiger partial charge >= 0.3 is 0 Å². The average molecular weight is 205 g/mol. The Kier molecular flexibility index (Phi) is 3.71. The van der Waals surface area contributed by atoms with E-state index in [1.165, 1.54) is 0 Å². The molecule has 0 aliphatic carbocycles. The zero-order valence-electron chi connectivity index (χ0n) is 7.95. The molecule has 0 atom stereocenters. The van der Waals surface area contributed by atoms with E-state index in [0.717, 1.165) is 5.69 Å². The second-order valence-electron chi connectivity index (χ2n) is 2.69. The third kappa shape index (κ3) is 2.69. The van der Waals surface area contributed by atoms with E-state index in [4.69, 9.17) is 21.1 Å². The molecule has 0 spiro atoms. The number of halogens is 1. The summed E-state index contributed by atoms with van der Waals surface area (Å²) in [5, 5.41) is 4.83. The van der Waals surface area contributed by atoms with Gasteiger partial charge in [-0.05, 0) is 6.92 Å². The minimum absolute atomic E-state index is 0.282. The van der Waals surface area contributed by atoms with Gasteiger partial charge in [-0.25, -0.2) is 0 Å². The molecule has 1 aromatic rings. The monoisotopic (exact) mass is 204 g/mol. The summed E-state index contributed by atoms with van der Waals surface area (Å²) in [6.45, 7) is 2.40. The summed E-state index contributed by atoms with van der Waals surface area (Å²) in [5.41, 5.74) is 0.813. The van der Waals surface area contributed by atoms with Crippen LogP contribution in [0.5, 0.6) is 0 Å². The van der Waals surface area contributed by atoms with Gasteiger partial charge in [-0.2, -0.15) is 5.10 Å². The molecule has 0 amide bonds. The summed E-state index contributed by atoms with van der Waals surface area (Å²) in [6, 6.07) is 0. The minimum Gasteiger partial charge on any atom is -0.354 e. The molecule has 0 saturated heterocycles. The molecule has 0 bridgehead atoms. The molecular formula is C8H13ClN2O2. The molecule has 0 saturated carbocycles. The van der Waals surface area contributed by atoms with E-state index in [0.29, 0.717) is 11.6 Å². The molecule has 13 heavy (non-hydrogen) atoms. The van der Waals surface area contributed by atoms with E-state index in [2.05, 4.69) is 5.10 Å². The van der Waals surface area contributed by atoms with Gasteiger partial charge < -0.3 is 9.47 Å². The van der Waals surface area contributed by atoms with Crippen LogP contribution in [-0.4, -0.2) is 30.3 Å². The van der Waals surface area contributed by atoms with Crippen molar-refractivity contribution in [2.24, 2.45) is 0 Å². The number of aryl methyl sites for hydroxylation is 1. The molecule has 0 aromatic carbocycles. The smallest absolute Gasteiger partial charge is 0.176 e. The van der Waals surface area contributed by atoms with Gasteiger partial charge in [-0.1, -0.05) is 11.6 Å². The second-order valence-corrected chi connectivity index (χ2v) is 3.09. The Labute approximate surface area is 82.4 Å². The van der Waals surface area contributed by atoms with E-state index in [9.17, 15) is 0 Å². The van der Waals surface area contributed by atoms with Gasteiger partial charge in [0.2, 0.25) is 0 Å². The molecule has 0 fully saturated rings. The third-order valence-corrected chi connectivity index (χ3v) is 2.12. The number of ether oxygens (including phenoxy) is 2. The number of nitrogens with zero attached hydrogens (tertiary/aromatic N) is 2. The summed E-state index contributed by atoms with van der Waals surface area (Å²) in [7, 11) is 3.18. The molecular weight excluding hydrogens is 192 g/mol. The largest absolute Gasteiger partial charge is 0.354 e. The number of hydrogen-bond donors (Lipinski definition) is 0. The van der Waals surface area contributed by atoms with Crippen molar-refractivity contribution in [1.29, 1.82) is 0 Å². The van der Waals surface area contributed by atoms with Crippen molar-refractivity contribution in [3.63, 3.8) is 0 Å². The molecule has 1 rings (SSSR count). The maximum atomic E-state index is 5.83. The first-order chi connectivity index (χ1) is 6.17. The van der Waals surface area contributed by atoms with Gasteiger partial charge in [0.05, 0.1) is 17.3 Å². The fourth-order valence-electron chi connectivity index (χ4n) is 0.985. The zero-order valence-corrected chi connectivity index (χ0v) is 8.71. The molecule has 0 aliphatic heterocycles. The molecule has 0 unspecified atom stereocenters. The lowest BCUT2D eigenvalue weighted by molar-refractivity contribution is -0.112. The Balaban J connectivity index is 2.62. The summed E-state index contributed by atoms with van der Waals surface area (Å²) in [5.74, 6) is 0.